The molecule has 0 saturated heterocycles. The van der Waals surface area contributed by atoms with Gasteiger partial charge < -0.3 is 10.1 Å². The SMILES string of the molecule is CC(C)(C)OC(=O)N1CCCc2ccc(NC3CCC3)cc21. The smallest absolute Gasteiger partial charge is 0.414 e. The molecule has 22 heavy (non-hydrogen) atoms. The average Bonchev–Trinajstić information content (AvgIpc) is 2.40. The van der Waals surface area contributed by atoms with Crippen molar-refractivity contribution in [2.75, 3.05) is 16.8 Å². The molecule has 1 fully saturated rings. The van der Waals surface area contributed by atoms with Crippen molar-refractivity contribution in [3.63, 3.8) is 0 Å². The summed E-state index contributed by atoms with van der Waals surface area (Å²) < 4.78 is 5.55. The van der Waals surface area contributed by atoms with Gasteiger partial charge in [-0.05, 0) is 70.6 Å². The Morgan fingerprint density at radius 3 is 2.68 bits per heavy atom. The van der Waals surface area contributed by atoms with Crippen LogP contribution in [0.1, 0.15) is 52.0 Å². The van der Waals surface area contributed by atoms with E-state index in [9.17, 15) is 4.79 Å². The van der Waals surface area contributed by atoms with Gasteiger partial charge in [-0.2, -0.15) is 0 Å². The Balaban J connectivity index is 1.80. The predicted octanol–water partition coefficient (Wildman–Crippen LogP) is 4.34. The third-order valence-electron chi connectivity index (χ3n) is 4.29. The number of rotatable bonds is 2. The first-order chi connectivity index (χ1) is 10.4. The van der Waals surface area contributed by atoms with Crippen LogP contribution in [-0.2, 0) is 11.2 Å². The van der Waals surface area contributed by atoms with E-state index in [0.717, 1.165) is 30.8 Å². The van der Waals surface area contributed by atoms with E-state index in [1.807, 2.05) is 20.8 Å². The number of amides is 1. The zero-order valence-corrected chi connectivity index (χ0v) is 13.8. The van der Waals surface area contributed by atoms with E-state index in [1.54, 1.807) is 4.90 Å². The van der Waals surface area contributed by atoms with E-state index in [-0.39, 0.29) is 6.09 Å². The van der Waals surface area contributed by atoms with Crippen LogP contribution in [-0.4, -0.2) is 24.3 Å². The summed E-state index contributed by atoms with van der Waals surface area (Å²) >= 11 is 0. The highest BCUT2D eigenvalue weighted by Gasteiger charge is 2.27. The lowest BCUT2D eigenvalue weighted by molar-refractivity contribution is 0.0578. The molecule has 1 aromatic rings. The first kappa shape index (κ1) is 15.2. The summed E-state index contributed by atoms with van der Waals surface area (Å²) in [5.74, 6) is 0. The molecule has 1 heterocycles. The summed E-state index contributed by atoms with van der Waals surface area (Å²) in [5, 5.41) is 3.56. The molecule has 4 nitrogen and oxygen atoms in total. The van der Waals surface area contributed by atoms with Crippen molar-refractivity contribution in [3.05, 3.63) is 23.8 Å². The fourth-order valence-corrected chi connectivity index (χ4v) is 2.96. The quantitative estimate of drug-likeness (QED) is 0.883. The number of benzene rings is 1. The minimum atomic E-state index is -0.462. The van der Waals surface area contributed by atoms with Crippen LogP contribution in [0.3, 0.4) is 0 Å². The predicted molar refractivity (Wildman–Crippen MR) is 89.6 cm³/mol. The standard InChI is InChI=1S/C18H26N2O2/c1-18(2,3)22-17(21)20-11-5-6-13-9-10-15(12-16(13)20)19-14-7-4-8-14/h9-10,12,14,19H,4-8,11H2,1-3H3. The lowest BCUT2D eigenvalue weighted by Crippen LogP contribution is -2.39. The minimum absolute atomic E-state index is 0.241. The molecule has 1 aromatic carbocycles. The van der Waals surface area contributed by atoms with Gasteiger partial charge in [0.2, 0.25) is 0 Å². The van der Waals surface area contributed by atoms with Crippen molar-refractivity contribution < 1.29 is 9.53 Å². The van der Waals surface area contributed by atoms with E-state index in [2.05, 4.69) is 23.5 Å². The number of carbonyl (C=O) groups is 1. The van der Waals surface area contributed by atoms with Gasteiger partial charge in [0, 0.05) is 18.3 Å². The molecule has 0 radical (unpaired) electrons. The van der Waals surface area contributed by atoms with E-state index in [4.69, 9.17) is 4.74 Å². The normalized spacial score (nSPS) is 18.4. The molecule has 3 rings (SSSR count). The Bertz CT molecular complexity index is 559. The molecule has 0 aromatic heterocycles. The molecule has 1 aliphatic carbocycles. The first-order valence-electron chi connectivity index (χ1n) is 8.32. The number of nitrogens with zero attached hydrogens (tertiary/aromatic N) is 1. The van der Waals surface area contributed by atoms with Crippen LogP contribution in [0.15, 0.2) is 18.2 Å². The van der Waals surface area contributed by atoms with Crippen LogP contribution in [0.4, 0.5) is 16.2 Å². The highest BCUT2D eigenvalue weighted by molar-refractivity contribution is 5.90. The lowest BCUT2D eigenvalue weighted by atomic mass is 9.92. The van der Waals surface area contributed by atoms with Gasteiger partial charge in [0.1, 0.15) is 5.60 Å². The van der Waals surface area contributed by atoms with Gasteiger partial charge in [-0.3, -0.25) is 4.90 Å². The van der Waals surface area contributed by atoms with Gasteiger partial charge in [0.15, 0.2) is 0 Å². The molecule has 0 unspecified atom stereocenters. The van der Waals surface area contributed by atoms with E-state index in [1.165, 1.54) is 24.8 Å². The second-order valence-corrected chi connectivity index (χ2v) is 7.35. The zero-order valence-electron chi connectivity index (χ0n) is 13.8. The number of nitrogens with one attached hydrogen (secondary N) is 1. The van der Waals surface area contributed by atoms with Crippen LogP contribution in [0, 0.1) is 0 Å². The molecule has 4 heteroatoms. The van der Waals surface area contributed by atoms with Crippen molar-refractivity contribution in [1.29, 1.82) is 0 Å². The molecule has 1 amide bonds. The summed E-state index contributed by atoms with van der Waals surface area (Å²) in [6.45, 7) is 6.45. The highest BCUT2D eigenvalue weighted by atomic mass is 16.6. The maximum absolute atomic E-state index is 12.5. The Morgan fingerprint density at radius 2 is 2.05 bits per heavy atom. The molecule has 0 atom stereocenters. The number of carbonyl (C=O) groups excluding carboxylic acids is 1. The average molecular weight is 302 g/mol. The van der Waals surface area contributed by atoms with E-state index < -0.39 is 5.60 Å². The fourth-order valence-electron chi connectivity index (χ4n) is 2.96. The third-order valence-corrected chi connectivity index (χ3v) is 4.29. The maximum Gasteiger partial charge on any atom is 0.414 e. The van der Waals surface area contributed by atoms with Crippen LogP contribution < -0.4 is 10.2 Å². The van der Waals surface area contributed by atoms with Crippen LogP contribution >= 0.6 is 0 Å². The van der Waals surface area contributed by atoms with Crippen LogP contribution in [0.5, 0.6) is 0 Å². The second-order valence-electron chi connectivity index (χ2n) is 7.35. The Hall–Kier alpha value is -1.71. The van der Waals surface area contributed by atoms with Crippen molar-refractivity contribution in [2.24, 2.45) is 0 Å². The molecular formula is C18H26N2O2. The summed E-state index contributed by atoms with van der Waals surface area (Å²) in [7, 11) is 0. The lowest BCUT2D eigenvalue weighted by Gasteiger charge is -2.33. The molecule has 1 aliphatic heterocycles. The van der Waals surface area contributed by atoms with Gasteiger partial charge in [-0.1, -0.05) is 6.07 Å². The molecule has 2 aliphatic rings. The molecule has 1 N–H and O–H groups in total. The highest BCUT2D eigenvalue weighted by Crippen LogP contribution is 2.32. The third kappa shape index (κ3) is 3.37. The molecule has 0 spiro atoms. The van der Waals surface area contributed by atoms with Crippen molar-refractivity contribution in [2.45, 2.75) is 64.5 Å². The van der Waals surface area contributed by atoms with E-state index >= 15 is 0 Å². The first-order valence-corrected chi connectivity index (χ1v) is 8.32. The van der Waals surface area contributed by atoms with Gasteiger partial charge in [-0.25, -0.2) is 4.79 Å². The Kier molecular flexibility index (Phi) is 4.02. The summed E-state index contributed by atoms with van der Waals surface area (Å²) in [4.78, 5) is 14.2. The molecule has 0 bridgehead atoms. The van der Waals surface area contributed by atoms with Crippen LogP contribution in [0.25, 0.3) is 0 Å². The minimum Gasteiger partial charge on any atom is -0.443 e. The monoisotopic (exact) mass is 302 g/mol. The largest absolute Gasteiger partial charge is 0.443 e. The summed E-state index contributed by atoms with van der Waals surface area (Å²) in [6, 6.07) is 6.98. The summed E-state index contributed by atoms with van der Waals surface area (Å²) in [6.07, 6.45) is 5.57. The number of anilines is 2. The van der Waals surface area contributed by atoms with Crippen molar-refractivity contribution in [3.8, 4) is 0 Å². The Labute approximate surface area is 132 Å². The molecular weight excluding hydrogens is 276 g/mol. The van der Waals surface area contributed by atoms with Crippen LogP contribution in [0.2, 0.25) is 0 Å². The summed E-state index contributed by atoms with van der Waals surface area (Å²) in [5.41, 5.74) is 2.89. The zero-order chi connectivity index (χ0) is 15.7. The van der Waals surface area contributed by atoms with E-state index in [0.29, 0.717) is 6.04 Å². The van der Waals surface area contributed by atoms with Gasteiger partial charge in [0.05, 0.1) is 5.69 Å². The van der Waals surface area contributed by atoms with Crippen molar-refractivity contribution >= 4 is 17.5 Å². The van der Waals surface area contributed by atoms with Gasteiger partial charge >= 0.3 is 6.09 Å². The maximum atomic E-state index is 12.5. The van der Waals surface area contributed by atoms with Gasteiger partial charge in [-0.15, -0.1) is 0 Å². The number of hydrogen-bond donors (Lipinski definition) is 1. The molecule has 120 valence electrons. The number of fused-ring (bicyclic) bond motifs is 1. The van der Waals surface area contributed by atoms with Crippen molar-refractivity contribution in [1.82, 2.24) is 0 Å². The molecule has 1 saturated carbocycles. The topological polar surface area (TPSA) is 41.6 Å². The van der Waals surface area contributed by atoms with Gasteiger partial charge in [0.25, 0.3) is 0 Å². The Morgan fingerprint density at radius 1 is 1.27 bits per heavy atom. The second kappa shape index (κ2) is 5.82. The number of ether oxygens (including phenoxy) is 1. The fraction of sp³-hybridized carbons (Fsp3) is 0.611. The number of hydrogen-bond acceptors (Lipinski definition) is 3. The number of aryl methyl sites for hydroxylation is 1.